The Kier molecular flexibility index (Phi) is 5.19. The fraction of sp³-hybridized carbons (Fsp3) is 0.600. The highest BCUT2D eigenvalue weighted by atomic mass is 16.5. The fourth-order valence-corrected chi connectivity index (χ4v) is 2.62. The summed E-state index contributed by atoms with van der Waals surface area (Å²) in [6, 6.07) is 8.70. The van der Waals surface area contributed by atoms with Crippen molar-refractivity contribution in [2.24, 2.45) is 0 Å². The van der Waals surface area contributed by atoms with Crippen molar-refractivity contribution in [3.8, 4) is 5.75 Å². The van der Waals surface area contributed by atoms with E-state index in [1.165, 1.54) is 5.56 Å². The van der Waals surface area contributed by atoms with Crippen molar-refractivity contribution < 1.29 is 4.74 Å². The quantitative estimate of drug-likeness (QED) is 0.864. The Hall–Kier alpha value is -1.10. The standard InChI is InChI=1S/C15H25N3O/c1-17(2)14(12-18-10-8-16-9-11-18)13-6-4-5-7-15(13)19-3/h4-7,14,16H,8-12H2,1-3H3. The van der Waals surface area contributed by atoms with Crippen LogP contribution in [0.5, 0.6) is 5.75 Å². The van der Waals surface area contributed by atoms with E-state index in [1.807, 2.05) is 12.1 Å². The second-order valence-corrected chi connectivity index (χ2v) is 5.27. The van der Waals surface area contributed by atoms with Gasteiger partial charge in [0.15, 0.2) is 0 Å². The van der Waals surface area contributed by atoms with Crippen molar-refractivity contribution in [3.05, 3.63) is 29.8 Å². The number of nitrogens with one attached hydrogen (secondary N) is 1. The maximum atomic E-state index is 5.51. The average Bonchev–Trinajstić information content (AvgIpc) is 2.45. The van der Waals surface area contributed by atoms with Gasteiger partial charge in [-0.2, -0.15) is 0 Å². The van der Waals surface area contributed by atoms with Crippen molar-refractivity contribution in [2.45, 2.75) is 6.04 Å². The average molecular weight is 263 g/mol. The normalized spacial score (nSPS) is 18.5. The Morgan fingerprint density at radius 1 is 1.26 bits per heavy atom. The van der Waals surface area contributed by atoms with Crippen molar-refractivity contribution in [3.63, 3.8) is 0 Å². The van der Waals surface area contributed by atoms with E-state index in [1.54, 1.807) is 7.11 Å². The van der Waals surface area contributed by atoms with Crippen LogP contribution in [0.15, 0.2) is 24.3 Å². The number of hydrogen-bond acceptors (Lipinski definition) is 4. The van der Waals surface area contributed by atoms with Gasteiger partial charge in [-0.25, -0.2) is 0 Å². The van der Waals surface area contributed by atoms with Gasteiger partial charge in [0.2, 0.25) is 0 Å². The van der Waals surface area contributed by atoms with E-state index >= 15 is 0 Å². The van der Waals surface area contributed by atoms with Crippen LogP contribution in [0.25, 0.3) is 0 Å². The SMILES string of the molecule is COc1ccccc1C(CN1CCNCC1)N(C)C. The van der Waals surface area contributed by atoms with Gasteiger partial charge < -0.3 is 15.0 Å². The third-order valence-corrected chi connectivity index (χ3v) is 3.76. The first kappa shape index (κ1) is 14.3. The summed E-state index contributed by atoms with van der Waals surface area (Å²) in [5.41, 5.74) is 1.27. The molecular weight excluding hydrogens is 238 g/mol. The second-order valence-electron chi connectivity index (χ2n) is 5.27. The molecule has 1 aliphatic rings. The first-order valence-corrected chi connectivity index (χ1v) is 6.95. The highest BCUT2D eigenvalue weighted by Crippen LogP contribution is 2.28. The zero-order valence-corrected chi connectivity index (χ0v) is 12.2. The third-order valence-electron chi connectivity index (χ3n) is 3.76. The number of methoxy groups -OCH3 is 1. The van der Waals surface area contributed by atoms with Crippen LogP contribution in [0.4, 0.5) is 0 Å². The molecule has 2 rings (SSSR count). The summed E-state index contributed by atoms with van der Waals surface area (Å²) in [5.74, 6) is 0.983. The van der Waals surface area contributed by atoms with Gasteiger partial charge in [0.1, 0.15) is 5.75 Å². The van der Waals surface area contributed by atoms with E-state index in [9.17, 15) is 0 Å². The first-order chi connectivity index (χ1) is 9.22. The molecule has 0 spiro atoms. The summed E-state index contributed by atoms with van der Waals surface area (Å²) in [6.07, 6.45) is 0. The van der Waals surface area contributed by atoms with Crippen LogP contribution in [-0.2, 0) is 0 Å². The molecule has 0 aliphatic carbocycles. The Labute approximate surface area is 116 Å². The van der Waals surface area contributed by atoms with Gasteiger partial charge in [0.25, 0.3) is 0 Å². The van der Waals surface area contributed by atoms with E-state index < -0.39 is 0 Å². The lowest BCUT2D eigenvalue weighted by Crippen LogP contribution is -2.46. The first-order valence-electron chi connectivity index (χ1n) is 6.95. The number of rotatable bonds is 5. The summed E-state index contributed by atoms with van der Waals surface area (Å²) in [4.78, 5) is 4.80. The molecule has 0 radical (unpaired) electrons. The number of para-hydroxylation sites is 1. The molecule has 1 fully saturated rings. The number of benzene rings is 1. The van der Waals surface area contributed by atoms with Gasteiger partial charge >= 0.3 is 0 Å². The lowest BCUT2D eigenvalue weighted by molar-refractivity contribution is 0.166. The van der Waals surface area contributed by atoms with Crippen LogP contribution < -0.4 is 10.1 Å². The highest BCUT2D eigenvalue weighted by Gasteiger charge is 2.22. The molecule has 1 aliphatic heterocycles. The molecule has 1 atom stereocenters. The highest BCUT2D eigenvalue weighted by molar-refractivity contribution is 5.36. The zero-order valence-electron chi connectivity index (χ0n) is 12.2. The predicted molar refractivity (Wildman–Crippen MR) is 78.7 cm³/mol. The number of nitrogens with zero attached hydrogens (tertiary/aromatic N) is 2. The molecule has 1 N–H and O–H groups in total. The molecule has 4 heteroatoms. The van der Waals surface area contributed by atoms with Gasteiger partial charge in [-0.1, -0.05) is 18.2 Å². The van der Waals surface area contributed by atoms with Gasteiger partial charge in [-0.05, 0) is 20.2 Å². The Morgan fingerprint density at radius 2 is 1.95 bits per heavy atom. The van der Waals surface area contributed by atoms with Crippen molar-refractivity contribution in [1.82, 2.24) is 15.1 Å². The molecule has 1 unspecified atom stereocenters. The minimum atomic E-state index is 0.370. The van der Waals surface area contributed by atoms with Gasteiger partial charge in [-0.3, -0.25) is 4.90 Å². The number of ether oxygens (including phenoxy) is 1. The van der Waals surface area contributed by atoms with Crippen LogP contribution in [0.2, 0.25) is 0 Å². The minimum Gasteiger partial charge on any atom is -0.496 e. The Morgan fingerprint density at radius 3 is 2.58 bits per heavy atom. The third kappa shape index (κ3) is 3.69. The van der Waals surface area contributed by atoms with Crippen molar-refractivity contribution in [1.29, 1.82) is 0 Å². The van der Waals surface area contributed by atoms with E-state index in [-0.39, 0.29) is 0 Å². The van der Waals surface area contributed by atoms with Crippen molar-refractivity contribution in [2.75, 3.05) is 53.9 Å². The van der Waals surface area contributed by atoms with Crippen LogP contribution in [0.3, 0.4) is 0 Å². The Bertz CT molecular complexity index is 389. The molecular formula is C15H25N3O. The molecule has 1 heterocycles. The van der Waals surface area contributed by atoms with Crippen LogP contribution in [-0.4, -0.2) is 63.7 Å². The number of piperazine rings is 1. The summed E-state index contributed by atoms with van der Waals surface area (Å²) >= 11 is 0. The lowest BCUT2D eigenvalue weighted by Gasteiger charge is -2.34. The molecule has 0 bridgehead atoms. The van der Waals surface area contributed by atoms with E-state index in [0.29, 0.717) is 6.04 Å². The molecule has 0 amide bonds. The molecule has 0 aromatic heterocycles. The maximum Gasteiger partial charge on any atom is 0.123 e. The maximum absolute atomic E-state index is 5.51. The summed E-state index contributed by atoms with van der Waals surface area (Å²) in [5, 5.41) is 3.40. The summed E-state index contributed by atoms with van der Waals surface area (Å²) in [7, 11) is 6.02. The second kappa shape index (κ2) is 6.89. The minimum absolute atomic E-state index is 0.370. The molecule has 1 aromatic carbocycles. The number of hydrogen-bond donors (Lipinski definition) is 1. The number of likely N-dealkylation sites (N-methyl/N-ethyl adjacent to an activating group) is 1. The molecule has 19 heavy (non-hydrogen) atoms. The fourth-order valence-electron chi connectivity index (χ4n) is 2.62. The van der Waals surface area contributed by atoms with Crippen molar-refractivity contribution >= 4 is 0 Å². The topological polar surface area (TPSA) is 27.7 Å². The summed E-state index contributed by atoms with van der Waals surface area (Å²) in [6.45, 7) is 5.48. The Balaban J connectivity index is 2.14. The zero-order chi connectivity index (χ0) is 13.7. The van der Waals surface area contributed by atoms with Gasteiger partial charge in [0.05, 0.1) is 13.2 Å². The van der Waals surface area contributed by atoms with Crippen LogP contribution in [0, 0.1) is 0 Å². The smallest absolute Gasteiger partial charge is 0.123 e. The van der Waals surface area contributed by atoms with E-state index in [4.69, 9.17) is 4.74 Å². The molecule has 0 saturated carbocycles. The predicted octanol–water partition coefficient (Wildman–Crippen LogP) is 1.20. The molecule has 4 nitrogen and oxygen atoms in total. The van der Waals surface area contributed by atoms with E-state index in [0.717, 1.165) is 38.5 Å². The largest absolute Gasteiger partial charge is 0.496 e. The molecule has 1 aromatic rings. The molecule has 1 saturated heterocycles. The monoisotopic (exact) mass is 263 g/mol. The van der Waals surface area contributed by atoms with E-state index in [2.05, 4.69) is 41.3 Å². The van der Waals surface area contributed by atoms with Gasteiger partial charge in [-0.15, -0.1) is 0 Å². The van der Waals surface area contributed by atoms with Gasteiger partial charge in [0, 0.05) is 38.3 Å². The van der Waals surface area contributed by atoms with Crippen LogP contribution >= 0.6 is 0 Å². The lowest BCUT2D eigenvalue weighted by atomic mass is 10.0. The van der Waals surface area contributed by atoms with Crippen LogP contribution in [0.1, 0.15) is 11.6 Å². The summed E-state index contributed by atoms with van der Waals surface area (Å²) < 4.78 is 5.51. The molecule has 106 valence electrons.